The smallest absolute Gasteiger partial charge is 0.0640 e. The van der Waals surface area contributed by atoms with Gasteiger partial charge in [-0.1, -0.05) is 0 Å². The fraction of sp³-hybridized carbons (Fsp3) is 0.417. The predicted octanol–water partition coefficient (Wildman–Crippen LogP) is 3.29. The van der Waals surface area contributed by atoms with Crippen molar-refractivity contribution in [2.75, 3.05) is 18.0 Å². The molecule has 1 aliphatic heterocycles. The quantitative estimate of drug-likeness (QED) is 0.730. The average Bonchev–Trinajstić information content (AvgIpc) is 2.78. The van der Waals surface area contributed by atoms with Crippen LogP contribution in [0.1, 0.15) is 19.3 Å². The highest BCUT2D eigenvalue weighted by Gasteiger charge is 2.13. The monoisotopic (exact) mass is 218 g/mol. The van der Waals surface area contributed by atoms with E-state index in [1.54, 1.807) is 11.3 Å². The van der Waals surface area contributed by atoms with Gasteiger partial charge in [0.1, 0.15) is 0 Å². The third-order valence-corrected chi connectivity index (χ3v) is 3.91. The van der Waals surface area contributed by atoms with Crippen molar-refractivity contribution in [1.29, 1.82) is 0 Å². The second-order valence-corrected chi connectivity index (χ2v) is 4.99. The number of hydrogen-bond donors (Lipinski definition) is 0. The first kappa shape index (κ1) is 9.16. The van der Waals surface area contributed by atoms with E-state index in [-0.39, 0.29) is 0 Å². The molecular formula is C12H14N2S. The van der Waals surface area contributed by atoms with Crippen molar-refractivity contribution >= 4 is 27.1 Å². The van der Waals surface area contributed by atoms with Crippen LogP contribution in [0, 0.1) is 0 Å². The summed E-state index contributed by atoms with van der Waals surface area (Å²) in [5.41, 5.74) is 1.33. The summed E-state index contributed by atoms with van der Waals surface area (Å²) in [7, 11) is 0. The SMILES string of the molecule is c1cc2c(N3CCCCC3)cncc2s1. The molecular weight excluding hydrogens is 204 g/mol. The summed E-state index contributed by atoms with van der Waals surface area (Å²) < 4.78 is 1.30. The van der Waals surface area contributed by atoms with Crippen molar-refractivity contribution < 1.29 is 0 Å². The van der Waals surface area contributed by atoms with Gasteiger partial charge in [0.15, 0.2) is 0 Å². The number of piperidine rings is 1. The Balaban J connectivity index is 2.05. The van der Waals surface area contributed by atoms with E-state index in [4.69, 9.17) is 0 Å². The number of anilines is 1. The molecule has 3 heteroatoms. The molecule has 1 saturated heterocycles. The van der Waals surface area contributed by atoms with Crippen molar-refractivity contribution in [2.45, 2.75) is 19.3 Å². The molecule has 78 valence electrons. The first-order valence-corrected chi connectivity index (χ1v) is 6.39. The van der Waals surface area contributed by atoms with Gasteiger partial charge in [0, 0.05) is 24.7 Å². The maximum absolute atomic E-state index is 4.33. The zero-order valence-electron chi connectivity index (χ0n) is 8.65. The predicted molar refractivity (Wildman–Crippen MR) is 65.7 cm³/mol. The van der Waals surface area contributed by atoms with Crippen LogP contribution in [0.4, 0.5) is 5.69 Å². The summed E-state index contributed by atoms with van der Waals surface area (Å²) in [6.45, 7) is 2.38. The fourth-order valence-corrected chi connectivity index (χ4v) is 3.04. The standard InChI is InChI=1S/C12H14N2S/c1-2-5-14(6-3-1)11-8-13-9-12-10(11)4-7-15-12/h4,7-9H,1-3,5-6H2. The summed E-state index contributed by atoms with van der Waals surface area (Å²) >= 11 is 1.78. The third-order valence-electron chi connectivity index (χ3n) is 3.06. The zero-order valence-corrected chi connectivity index (χ0v) is 9.46. The minimum absolute atomic E-state index is 1.19. The van der Waals surface area contributed by atoms with Crippen LogP contribution >= 0.6 is 11.3 Å². The van der Waals surface area contributed by atoms with Crippen LogP contribution in [0.5, 0.6) is 0 Å². The summed E-state index contributed by atoms with van der Waals surface area (Å²) in [5.74, 6) is 0. The Morgan fingerprint density at radius 1 is 1.13 bits per heavy atom. The van der Waals surface area contributed by atoms with Crippen LogP contribution in [-0.2, 0) is 0 Å². The Hall–Kier alpha value is -1.09. The van der Waals surface area contributed by atoms with Gasteiger partial charge in [0.25, 0.3) is 0 Å². The van der Waals surface area contributed by atoms with Crippen molar-refractivity contribution in [1.82, 2.24) is 4.98 Å². The van der Waals surface area contributed by atoms with Gasteiger partial charge in [-0.15, -0.1) is 11.3 Å². The Morgan fingerprint density at radius 3 is 2.87 bits per heavy atom. The van der Waals surface area contributed by atoms with Crippen LogP contribution in [0.2, 0.25) is 0 Å². The molecule has 0 bridgehead atoms. The molecule has 15 heavy (non-hydrogen) atoms. The number of aromatic nitrogens is 1. The highest BCUT2D eigenvalue weighted by molar-refractivity contribution is 7.17. The van der Waals surface area contributed by atoms with E-state index < -0.39 is 0 Å². The van der Waals surface area contributed by atoms with Gasteiger partial charge in [-0.25, -0.2) is 0 Å². The topological polar surface area (TPSA) is 16.1 Å². The van der Waals surface area contributed by atoms with Crippen LogP contribution in [0.3, 0.4) is 0 Å². The molecule has 3 heterocycles. The molecule has 0 saturated carbocycles. The van der Waals surface area contributed by atoms with Crippen LogP contribution in [0.15, 0.2) is 23.8 Å². The fourth-order valence-electron chi connectivity index (χ4n) is 2.26. The van der Waals surface area contributed by atoms with Gasteiger partial charge in [0.05, 0.1) is 16.6 Å². The number of hydrogen-bond acceptors (Lipinski definition) is 3. The molecule has 0 N–H and O–H groups in total. The van der Waals surface area contributed by atoms with E-state index in [1.807, 2.05) is 12.4 Å². The zero-order chi connectivity index (χ0) is 10.1. The van der Waals surface area contributed by atoms with E-state index in [0.29, 0.717) is 0 Å². The second kappa shape index (κ2) is 3.81. The summed E-state index contributed by atoms with van der Waals surface area (Å²) in [5, 5.41) is 3.52. The molecule has 0 atom stereocenters. The number of pyridine rings is 1. The van der Waals surface area contributed by atoms with Gasteiger partial charge in [-0.2, -0.15) is 0 Å². The molecule has 1 fully saturated rings. The summed E-state index contributed by atoms with van der Waals surface area (Å²) in [6.07, 6.45) is 8.00. The Bertz CT molecular complexity index is 457. The normalized spacial score (nSPS) is 17.2. The van der Waals surface area contributed by atoms with E-state index >= 15 is 0 Å². The lowest BCUT2D eigenvalue weighted by Gasteiger charge is -2.28. The highest BCUT2D eigenvalue weighted by atomic mass is 32.1. The third kappa shape index (κ3) is 1.61. The molecule has 0 spiro atoms. The average molecular weight is 218 g/mol. The molecule has 0 aliphatic carbocycles. The minimum Gasteiger partial charge on any atom is -0.370 e. The molecule has 0 aromatic carbocycles. The molecule has 1 aliphatic rings. The van der Waals surface area contributed by atoms with Crippen LogP contribution < -0.4 is 4.90 Å². The minimum atomic E-state index is 1.19. The molecule has 3 rings (SSSR count). The molecule has 0 unspecified atom stereocenters. The van der Waals surface area contributed by atoms with Crippen molar-refractivity contribution in [3.63, 3.8) is 0 Å². The number of rotatable bonds is 1. The van der Waals surface area contributed by atoms with Gasteiger partial charge >= 0.3 is 0 Å². The van der Waals surface area contributed by atoms with E-state index in [1.165, 1.54) is 48.1 Å². The second-order valence-electron chi connectivity index (χ2n) is 4.04. The maximum Gasteiger partial charge on any atom is 0.0640 e. The lowest BCUT2D eigenvalue weighted by atomic mass is 10.1. The van der Waals surface area contributed by atoms with Crippen LogP contribution in [-0.4, -0.2) is 18.1 Å². The Morgan fingerprint density at radius 2 is 2.00 bits per heavy atom. The van der Waals surface area contributed by atoms with Gasteiger partial charge < -0.3 is 4.90 Å². The lowest BCUT2D eigenvalue weighted by molar-refractivity contribution is 0.578. The first-order chi connectivity index (χ1) is 7.45. The molecule has 0 amide bonds. The van der Waals surface area contributed by atoms with E-state index in [9.17, 15) is 0 Å². The maximum atomic E-state index is 4.33. The Kier molecular flexibility index (Phi) is 2.33. The molecule has 2 nitrogen and oxygen atoms in total. The van der Waals surface area contributed by atoms with Crippen molar-refractivity contribution in [2.24, 2.45) is 0 Å². The summed E-state index contributed by atoms with van der Waals surface area (Å²) in [6, 6.07) is 2.21. The van der Waals surface area contributed by atoms with E-state index in [0.717, 1.165) is 0 Å². The van der Waals surface area contributed by atoms with Gasteiger partial charge in [0.2, 0.25) is 0 Å². The van der Waals surface area contributed by atoms with Crippen molar-refractivity contribution in [3.8, 4) is 0 Å². The number of thiophene rings is 1. The molecule has 0 radical (unpaired) electrons. The van der Waals surface area contributed by atoms with Gasteiger partial charge in [-0.05, 0) is 30.7 Å². The van der Waals surface area contributed by atoms with Gasteiger partial charge in [-0.3, -0.25) is 4.98 Å². The first-order valence-electron chi connectivity index (χ1n) is 5.51. The largest absolute Gasteiger partial charge is 0.370 e. The number of nitrogens with zero attached hydrogens (tertiary/aromatic N) is 2. The number of fused-ring (bicyclic) bond motifs is 1. The molecule has 2 aromatic rings. The Labute approximate surface area is 93.6 Å². The summed E-state index contributed by atoms with van der Waals surface area (Å²) in [4.78, 5) is 6.81. The van der Waals surface area contributed by atoms with Crippen molar-refractivity contribution in [3.05, 3.63) is 23.8 Å². The van der Waals surface area contributed by atoms with E-state index in [2.05, 4.69) is 21.3 Å². The lowest BCUT2D eigenvalue weighted by Crippen LogP contribution is -2.29. The van der Waals surface area contributed by atoms with Crippen LogP contribution in [0.25, 0.3) is 10.1 Å². The highest BCUT2D eigenvalue weighted by Crippen LogP contribution is 2.30. The molecule has 2 aromatic heterocycles.